The first kappa shape index (κ1) is 20.7. The van der Waals surface area contributed by atoms with Gasteiger partial charge in [0.05, 0.1) is 7.11 Å². The largest absolute Gasteiger partial charge is 0.497 e. The lowest BCUT2D eigenvalue weighted by Gasteiger charge is -2.33. The molecule has 0 aliphatic carbocycles. The molecule has 0 saturated carbocycles. The fourth-order valence-corrected chi connectivity index (χ4v) is 3.52. The van der Waals surface area contributed by atoms with Crippen LogP contribution < -0.4 is 9.47 Å². The molecule has 1 fully saturated rings. The number of piperidine rings is 1. The van der Waals surface area contributed by atoms with Gasteiger partial charge in [-0.15, -0.1) is 0 Å². The minimum absolute atomic E-state index is 0.0278. The molecule has 3 rings (SSSR count). The second-order valence-electron chi connectivity index (χ2n) is 7.30. The Hall–Kier alpha value is -3.02. The van der Waals surface area contributed by atoms with Gasteiger partial charge in [-0.25, -0.2) is 0 Å². The maximum atomic E-state index is 12.8. The minimum atomic E-state index is -0.0441. The zero-order valence-electron chi connectivity index (χ0n) is 17.0. The Morgan fingerprint density at radius 3 is 2.28 bits per heavy atom. The van der Waals surface area contributed by atoms with Crippen molar-refractivity contribution in [2.75, 3.05) is 33.9 Å². The van der Waals surface area contributed by atoms with E-state index in [2.05, 4.69) is 0 Å². The molecule has 0 atom stereocenters. The quantitative estimate of drug-likeness (QED) is 0.722. The standard InChI is InChI=1S/C23H28N2O4/c1-24(16-18-8-10-20(28-2)11-9-18)23(27)19-12-14-25(15-13-19)22(26)17-29-21-6-4-3-5-7-21/h3-11,19H,12-17H2,1-2H3. The zero-order valence-corrected chi connectivity index (χ0v) is 17.0. The molecule has 0 aromatic heterocycles. The van der Waals surface area contributed by atoms with Crippen molar-refractivity contribution < 1.29 is 19.1 Å². The number of para-hydroxylation sites is 1. The first-order chi connectivity index (χ1) is 14.1. The van der Waals surface area contributed by atoms with Crippen LogP contribution in [0.3, 0.4) is 0 Å². The van der Waals surface area contributed by atoms with Gasteiger partial charge >= 0.3 is 0 Å². The van der Waals surface area contributed by atoms with Gasteiger partial charge in [0.2, 0.25) is 5.91 Å². The third kappa shape index (κ3) is 5.73. The molecular formula is C23H28N2O4. The third-order valence-corrected chi connectivity index (χ3v) is 5.26. The van der Waals surface area contributed by atoms with E-state index in [-0.39, 0.29) is 24.3 Å². The monoisotopic (exact) mass is 396 g/mol. The van der Waals surface area contributed by atoms with Crippen LogP contribution in [0.4, 0.5) is 0 Å². The Kier molecular flexibility index (Phi) is 7.11. The van der Waals surface area contributed by atoms with Crippen molar-refractivity contribution in [3.05, 3.63) is 60.2 Å². The van der Waals surface area contributed by atoms with Crippen LogP contribution in [0.1, 0.15) is 18.4 Å². The molecule has 2 amide bonds. The SMILES string of the molecule is COc1ccc(CN(C)C(=O)C2CCN(C(=O)COc3ccccc3)CC2)cc1. The van der Waals surface area contributed by atoms with Gasteiger partial charge in [0.1, 0.15) is 11.5 Å². The molecule has 1 aliphatic heterocycles. The second kappa shape index (κ2) is 9.96. The predicted molar refractivity (Wildman–Crippen MR) is 111 cm³/mol. The Bertz CT molecular complexity index is 799. The van der Waals surface area contributed by atoms with Crippen LogP contribution >= 0.6 is 0 Å². The van der Waals surface area contributed by atoms with E-state index < -0.39 is 0 Å². The number of rotatable bonds is 7. The molecule has 2 aromatic rings. The molecule has 1 saturated heterocycles. The highest BCUT2D eigenvalue weighted by Gasteiger charge is 2.29. The molecular weight excluding hydrogens is 368 g/mol. The van der Waals surface area contributed by atoms with E-state index in [9.17, 15) is 9.59 Å². The number of carbonyl (C=O) groups excluding carboxylic acids is 2. The Morgan fingerprint density at radius 2 is 1.66 bits per heavy atom. The van der Waals surface area contributed by atoms with Crippen molar-refractivity contribution >= 4 is 11.8 Å². The summed E-state index contributed by atoms with van der Waals surface area (Å²) < 4.78 is 10.7. The maximum absolute atomic E-state index is 12.8. The van der Waals surface area contributed by atoms with Crippen LogP contribution in [0.2, 0.25) is 0 Å². The van der Waals surface area contributed by atoms with E-state index in [1.165, 1.54) is 0 Å². The van der Waals surface area contributed by atoms with Gasteiger partial charge in [-0.3, -0.25) is 9.59 Å². The van der Waals surface area contributed by atoms with Crippen LogP contribution in [0.5, 0.6) is 11.5 Å². The van der Waals surface area contributed by atoms with Crippen molar-refractivity contribution in [3.63, 3.8) is 0 Å². The Balaban J connectivity index is 1.43. The van der Waals surface area contributed by atoms with Crippen LogP contribution in [0.15, 0.2) is 54.6 Å². The topological polar surface area (TPSA) is 59.1 Å². The van der Waals surface area contributed by atoms with Gasteiger partial charge in [-0.1, -0.05) is 30.3 Å². The van der Waals surface area contributed by atoms with Gasteiger partial charge in [-0.05, 0) is 42.7 Å². The fraction of sp³-hybridized carbons (Fsp3) is 0.391. The van der Waals surface area contributed by atoms with E-state index in [1.54, 1.807) is 16.9 Å². The number of ether oxygens (including phenoxy) is 2. The number of hydrogen-bond donors (Lipinski definition) is 0. The van der Waals surface area contributed by atoms with Crippen LogP contribution in [0, 0.1) is 5.92 Å². The normalized spacial score (nSPS) is 14.3. The molecule has 6 nitrogen and oxygen atoms in total. The lowest BCUT2D eigenvalue weighted by Crippen LogP contribution is -2.44. The van der Waals surface area contributed by atoms with E-state index in [0.29, 0.717) is 38.2 Å². The third-order valence-electron chi connectivity index (χ3n) is 5.26. The summed E-state index contributed by atoms with van der Waals surface area (Å²) in [7, 11) is 3.47. The molecule has 29 heavy (non-hydrogen) atoms. The van der Waals surface area contributed by atoms with Crippen LogP contribution in [0.25, 0.3) is 0 Å². The number of nitrogens with zero attached hydrogens (tertiary/aromatic N) is 2. The summed E-state index contributed by atoms with van der Waals surface area (Å²) >= 11 is 0. The molecule has 1 heterocycles. The number of methoxy groups -OCH3 is 1. The highest BCUT2D eigenvalue weighted by atomic mass is 16.5. The number of benzene rings is 2. The molecule has 0 bridgehead atoms. The van der Waals surface area contributed by atoms with Gasteiger partial charge in [0, 0.05) is 32.6 Å². The van der Waals surface area contributed by atoms with Crippen LogP contribution in [-0.4, -0.2) is 55.5 Å². The summed E-state index contributed by atoms with van der Waals surface area (Å²) in [6, 6.07) is 17.0. The summed E-state index contributed by atoms with van der Waals surface area (Å²) in [4.78, 5) is 28.7. The maximum Gasteiger partial charge on any atom is 0.260 e. The predicted octanol–water partition coefficient (Wildman–Crippen LogP) is 2.97. The first-order valence-electron chi connectivity index (χ1n) is 9.90. The Labute approximate surface area is 172 Å². The van der Waals surface area contributed by atoms with Crippen molar-refractivity contribution in [2.45, 2.75) is 19.4 Å². The Morgan fingerprint density at radius 1 is 1.00 bits per heavy atom. The van der Waals surface area contributed by atoms with Gasteiger partial charge < -0.3 is 19.3 Å². The first-order valence-corrected chi connectivity index (χ1v) is 9.90. The lowest BCUT2D eigenvalue weighted by molar-refractivity contribution is -0.141. The number of amides is 2. The molecule has 0 spiro atoms. The van der Waals surface area contributed by atoms with Crippen LogP contribution in [-0.2, 0) is 16.1 Å². The molecule has 0 unspecified atom stereocenters. The van der Waals surface area contributed by atoms with E-state index in [1.807, 2.05) is 61.6 Å². The van der Waals surface area contributed by atoms with E-state index in [4.69, 9.17) is 9.47 Å². The van der Waals surface area contributed by atoms with Crippen molar-refractivity contribution in [3.8, 4) is 11.5 Å². The van der Waals surface area contributed by atoms with Gasteiger partial charge in [0.15, 0.2) is 6.61 Å². The number of hydrogen-bond acceptors (Lipinski definition) is 4. The summed E-state index contributed by atoms with van der Waals surface area (Å²) in [5.74, 6) is 1.54. The molecule has 2 aromatic carbocycles. The average Bonchev–Trinajstić information content (AvgIpc) is 2.78. The number of carbonyl (C=O) groups is 2. The van der Waals surface area contributed by atoms with Crippen molar-refractivity contribution in [1.29, 1.82) is 0 Å². The molecule has 0 radical (unpaired) electrons. The molecule has 1 aliphatic rings. The van der Waals surface area contributed by atoms with Crippen molar-refractivity contribution in [2.24, 2.45) is 5.92 Å². The summed E-state index contributed by atoms with van der Waals surface area (Å²) in [5.41, 5.74) is 1.06. The smallest absolute Gasteiger partial charge is 0.260 e. The minimum Gasteiger partial charge on any atom is -0.497 e. The zero-order chi connectivity index (χ0) is 20.6. The summed E-state index contributed by atoms with van der Waals surface area (Å²) in [6.07, 6.45) is 1.37. The summed E-state index contributed by atoms with van der Waals surface area (Å²) in [5, 5.41) is 0. The summed E-state index contributed by atoms with van der Waals surface area (Å²) in [6.45, 7) is 1.76. The van der Waals surface area contributed by atoms with Crippen molar-refractivity contribution in [1.82, 2.24) is 9.80 Å². The van der Waals surface area contributed by atoms with E-state index in [0.717, 1.165) is 11.3 Å². The lowest BCUT2D eigenvalue weighted by atomic mass is 9.95. The fourth-order valence-electron chi connectivity index (χ4n) is 3.52. The molecule has 0 N–H and O–H groups in total. The highest BCUT2D eigenvalue weighted by Crippen LogP contribution is 2.21. The van der Waals surface area contributed by atoms with Gasteiger partial charge in [0.25, 0.3) is 5.91 Å². The number of likely N-dealkylation sites (tertiary alicyclic amines) is 1. The highest BCUT2D eigenvalue weighted by molar-refractivity contribution is 5.80. The molecule has 154 valence electrons. The van der Waals surface area contributed by atoms with E-state index >= 15 is 0 Å². The second-order valence-corrected chi connectivity index (χ2v) is 7.30. The molecule has 6 heteroatoms. The average molecular weight is 396 g/mol. The van der Waals surface area contributed by atoms with Gasteiger partial charge in [-0.2, -0.15) is 0 Å².